The molecule has 0 atom stereocenters. The van der Waals surface area contributed by atoms with E-state index in [0.29, 0.717) is 28.9 Å². The minimum atomic E-state index is 0.298. The van der Waals surface area contributed by atoms with Crippen LogP contribution < -0.4 is 10.5 Å². The Morgan fingerprint density at radius 3 is 2.44 bits per heavy atom. The lowest BCUT2D eigenvalue weighted by atomic mass is 10.1. The van der Waals surface area contributed by atoms with Crippen LogP contribution in [0, 0.1) is 0 Å². The Labute approximate surface area is 157 Å². The van der Waals surface area contributed by atoms with Gasteiger partial charge in [-0.15, -0.1) is 0 Å². The van der Waals surface area contributed by atoms with Crippen molar-refractivity contribution in [3.05, 3.63) is 69.8 Å². The van der Waals surface area contributed by atoms with Gasteiger partial charge in [0.1, 0.15) is 19.1 Å². The lowest BCUT2D eigenvalue weighted by Crippen LogP contribution is -1.98. The molecule has 0 amide bonds. The summed E-state index contributed by atoms with van der Waals surface area (Å²) in [6, 6.07) is 13.0. The van der Waals surface area contributed by atoms with E-state index in [2.05, 4.69) is 4.99 Å². The minimum Gasteiger partial charge on any atom is -0.489 e. The highest BCUT2D eigenvalue weighted by atomic mass is 35.5. The van der Waals surface area contributed by atoms with Gasteiger partial charge in [-0.3, -0.25) is 4.99 Å². The van der Waals surface area contributed by atoms with E-state index < -0.39 is 0 Å². The highest BCUT2D eigenvalue weighted by Crippen LogP contribution is 2.26. The number of hydrogen-bond acceptors (Lipinski definition) is 4. The van der Waals surface area contributed by atoms with Gasteiger partial charge in [0.05, 0.1) is 0 Å². The maximum atomic E-state index is 8.00. The van der Waals surface area contributed by atoms with Crippen molar-refractivity contribution in [1.29, 1.82) is 0 Å². The van der Waals surface area contributed by atoms with E-state index in [1.165, 1.54) is 6.20 Å². The van der Waals surface area contributed by atoms with E-state index in [-0.39, 0.29) is 0 Å². The Morgan fingerprint density at radius 2 is 1.84 bits per heavy atom. The Balaban J connectivity index is 0.00000151. The molecule has 0 heterocycles. The molecular formula is C19H20Cl2N2O2. The third-order valence-corrected chi connectivity index (χ3v) is 3.91. The van der Waals surface area contributed by atoms with E-state index in [0.717, 1.165) is 16.7 Å². The summed E-state index contributed by atoms with van der Waals surface area (Å²) in [7, 11) is 0. The molecular weight excluding hydrogens is 359 g/mol. The third-order valence-electron chi connectivity index (χ3n) is 3.20. The van der Waals surface area contributed by atoms with Gasteiger partial charge >= 0.3 is 0 Å². The number of benzene rings is 2. The maximum Gasteiger partial charge on any atom is 0.120 e. The summed E-state index contributed by atoms with van der Waals surface area (Å²) < 4.78 is 5.81. The van der Waals surface area contributed by atoms with Gasteiger partial charge in [0.2, 0.25) is 0 Å². The van der Waals surface area contributed by atoms with E-state index >= 15 is 0 Å². The van der Waals surface area contributed by atoms with Crippen LogP contribution in [0.15, 0.2) is 53.7 Å². The second-order valence-corrected chi connectivity index (χ2v) is 5.58. The van der Waals surface area contributed by atoms with Crippen LogP contribution in [0.5, 0.6) is 5.75 Å². The molecule has 0 aliphatic rings. The lowest BCUT2D eigenvalue weighted by Gasteiger charge is -2.11. The van der Waals surface area contributed by atoms with Crippen molar-refractivity contribution in [3.8, 4) is 5.75 Å². The number of carbonyl (C=O) groups excluding carboxylic acids is 1. The average Bonchev–Trinajstić information content (AvgIpc) is 2.64. The van der Waals surface area contributed by atoms with Crippen LogP contribution in [-0.2, 0) is 11.4 Å². The van der Waals surface area contributed by atoms with Gasteiger partial charge in [0, 0.05) is 40.1 Å². The molecule has 0 radical (unpaired) electrons. The van der Waals surface area contributed by atoms with Gasteiger partial charge in [-0.1, -0.05) is 41.4 Å². The first-order chi connectivity index (χ1) is 12.2. The summed E-state index contributed by atoms with van der Waals surface area (Å²) in [5.41, 5.74) is 8.22. The van der Waals surface area contributed by atoms with Crippen LogP contribution in [0.2, 0.25) is 10.0 Å². The number of nitrogens with zero attached hydrogens (tertiary/aromatic N) is 1. The van der Waals surface area contributed by atoms with E-state index in [9.17, 15) is 0 Å². The molecule has 0 fully saturated rings. The summed E-state index contributed by atoms with van der Waals surface area (Å²) in [6.45, 7) is 4.97. The first-order valence-electron chi connectivity index (χ1n) is 7.52. The Morgan fingerprint density at radius 1 is 1.20 bits per heavy atom. The fourth-order valence-corrected chi connectivity index (χ4v) is 2.50. The van der Waals surface area contributed by atoms with Crippen LogP contribution in [0.4, 0.5) is 0 Å². The van der Waals surface area contributed by atoms with Gasteiger partial charge < -0.3 is 15.3 Å². The molecule has 0 aromatic heterocycles. The zero-order valence-corrected chi connectivity index (χ0v) is 15.4. The first-order valence-corrected chi connectivity index (χ1v) is 8.28. The van der Waals surface area contributed by atoms with Crippen molar-refractivity contribution in [1.82, 2.24) is 0 Å². The molecule has 2 rings (SSSR count). The maximum absolute atomic E-state index is 8.00. The number of ether oxygens (including phenoxy) is 1. The number of rotatable bonds is 6. The molecule has 0 aliphatic carbocycles. The first kappa shape index (κ1) is 20.7. The Bertz CT molecular complexity index is 726. The van der Waals surface area contributed by atoms with Crippen molar-refractivity contribution in [3.63, 3.8) is 0 Å². The van der Waals surface area contributed by atoms with Crippen molar-refractivity contribution in [2.45, 2.75) is 13.5 Å². The van der Waals surface area contributed by atoms with Crippen molar-refractivity contribution in [2.24, 2.45) is 10.7 Å². The summed E-state index contributed by atoms with van der Waals surface area (Å²) in [6.07, 6.45) is 3.28. The van der Waals surface area contributed by atoms with Gasteiger partial charge in [0.25, 0.3) is 0 Å². The molecule has 2 N–H and O–H groups in total. The molecule has 0 unspecified atom stereocenters. The normalized spacial score (nSPS) is 11.1. The second-order valence-electron chi connectivity index (χ2n) is 4.77. The summed E-state index contributed by atoms with van der Waals surface area (Å²) in [4.78, 5) is 12.2. The fraction of sp³-hybridized carbons (Fsp3) is 0.158. The third kappa shape index (κ3) is 6.25. The quantitative estimate of drug-likeness (QED) is 0.735. The molecule has 2 aromatic rings. The summed E-state index contributed by atoms with van der Waals surface area (Å²) in [5.74, 6) is 0.711. The molecule has 0 bridgehead atoms. The highest BCUT2D eigenvalue weighted by molar-refractivity contribution is 6.35. The number of carbonyl (C=O) groups is 1. The number of nitrogens with two attached hydrogens (primary N) is 1. The fourth-order valence-electron chi connectivity index (χ4n) is 1.99. The van der Waals surface area contributed by atoms with Gasteiger partial charge in [0.15, 0.2) is 0 Å². The molecule has 25 heavy (non-hydrogen) atoms. The Hall–Kier alpha value is -2.30. The standard InChI is InChI=1S/C18H18Cl2N2O.CH2O/c1-2-22-11-14(10-21)13-5-3-6-15(9-13)23-12-16-17(19)7-4-8-18(16)20;1-2/h3-11H,2,12,21H2,1H3;1H2/b14-10+,22-11?;. The van der Waals surface area contributed by atoms with Crippen LogP contribution in [0.3, 0.4) is 0 Å². The number of aliphatic imine (C=N–C) groups is 1. The largest absolute Gasteiger partial charge is 0.489 e. The second kappa shape index (κ2) is 11.3. The highest BCUT2D eigenvalue weighted by Gasteiger charge is 2.07. The van der Waals surface area contributed by atoms with Crippen LogP contribution in [0.25, 0.3) is 5.57 Å². The van der Waals surface area contributed by atoms with Crippen LogP contribution in [-0.4, -0.2) is 19.5 Å². The van der Waals surface area contributed by atoms with Crippen LogP contribution >= 0.6 is 23.2 Å². The average molecular weight is 379 g/mol. The van der Waals surface area contributed by atoms with Crippen molar-refractivity contribution in [2.75, 3.05) is 6.54 Å². The van der Waals surface area contributed by atoms with Gasteiger partial charge in [-0.25, -0.2) is 0 Å². The van der Waals surface area contributed by atoms with E-state index in [1.54, 1.807) is 24.4 Å². The van der Waals surface area contributed by atoms with Gasteiger partial charge in [-0.2, -0.15) is 0 Å². The number of halogens is 2. The monoisotopic (exact) mass is 378 g/mol. The lowest BCUT2D eigenvalue weighted by molar-refractivity contribution is -0.0979. The Kier molecular flexibility index (Phi) is 9.37. The van der Waals surface area contributed by atoms with E-state index in [4.69, 9.17) is 38.5 Å². The number of allylic oxidation sites excluding steroid dienone is 1. The molecule has 0 saturated carbocycles. The molecule has 4 nitrogen and oxygen atoms in total. The topological polar surface area (TPSA) is 64.7 Å². The minimum absolute atomic E-state index is 0.298. The van der Waals surface area contributed by atoms with Crippen molar-refractivity contribution >= 4 is 41.8 Å². The summed E-state index contributed by atoms with van der Waals surface area (Å²) in [5, 5.41) is 1.18. The molecule has 6 heteroatoms. The number of hydrogen-bond donors (Lipinski definition) is 1. The van der Waals surface area contributed by atoms with Gasteiger partial charge in [-0.05, 0) is 36.8 Å². The molecule has 2 aromatic carbocycles. The molecule has 132 valence electrons. The summed E-state index contributed by atoms with van der Waals surface area (Å²) >= 11 is 12.3. The predicted octanol–water partition coefficient (Wildman–Crippen LogP) is 4.78. The van der Waals surface area contributed by atoms with E-state index in [1.807, 2.05) is 38.0 Å². The molecule has 0 spiro atoms. The smallest absolute Gasteiger partial charge is 0.120 e. The zero-order valence-electron chi connectivity index (χ0n) is 13.9. The predicted molar refractivity (Wildman–Crippen MR) is 106 cm³/mol. The SMILES string of the molecule is C=O.CCN=C/C(=C\N)c1cccc(OCc2c(Cl)cccc2Cl)c1. The van der Waals surface area contributed by atoms with Crippen molar-refractivity contribution < 1.29 is 9.53 Å². The molecule has 0 aliphatic heterocycles. The molecule has 0 saturated heterocycles. The van der Waals surface area contributed by atoms with Crippen LogP contribution in [0.1, 0.15) is 18.1 Å². The zero-order chi connectivity index (χ0) is 18.7.